The fourth-order valence-corrected chi connectivity index (χ4v) is 1.89. The molecule has 0 aromatic carbocycles. The number of aliphatic hydroxyl groups is 2. The number of aliphatic carboxylic acids is 1. The minimum atomic E-state index is -0.775. The quantitative estimate of drug-likeness (QED) is 0.547. The van der Waals surface area contributed by atoms with E-state index in [9.17, 15) is 4.79 Å². The summed E-state index contributed by atoms with van der Waals surface area (Å²) >= 11 is 1.54. The number of carboxylic acids is 1. The summed E-state index contributed by atoms with van der Waals surface area (Å²) in [5.41, 5.74) is -0.670. The molecule has 0 aromatic heterocycles. The number of rotatable bonds is 8. The Hall–Kier alpha value is -0.260. The van der Waals surface area contributed by atoms with Gasteiger partial charge in [-0.05, 0) is 32.4 Å². The Kier molecular flexibility index (Phi) is 6.96. The smallest absolute Gasteiger partial charge is 0.309 e. The molecule has 4 nitrogen and oxygen atoms in total. The Balaban J connectivity index is 3.51. The molecule has 0 amide bonds. The van der Waals surface area contributed by atoms with E-state index in [-0.39, 0.29) is 6.61 Å². The van der Waals surface area contributed by atoms with Crippen LogP contribution in [-0.2, 0) is 4.79 Å². The normalized spacial score (nSPS) is 13.9. The zero-order valence-electron chi connectivity index (χ0n) is 9.27. The Bertz CT molecular complexity index is 194. The van der Waals surface area contributed by atoms with Gasteiger partial charge in [-0.2, -0.15) is 11.8 Å². The third-order valence-electron chi connectivity index (χ3n) is 2.19. The van der Waals surface area contributed by atoms with E-state index in [1.807, 2.05) is 0 Å². The number of carboxylic acid groups (broad SMARTS) is 1. The maximum atomic E-state index is 10.8. The lowest BCUT2D eigenvalue weighted by Crippen LogP contribution is -2.23. The van der Waals surface area contributed by atoms with Crippen LogP contribution in [0.1, 0.15) is 26.7 Å². The molecule has 90 valence electrons. The van der Waals surface area contributed by atoms with Crippen LogP contribution >= 0.6 is 11.8 Å². The van der Waals surface area contributed by atoms with Crippen LogP contribution in [0.25, 0.3) is 0 Å². The molecule has 0 heterocycles. The average molecular weight is 236 g/mol. The summed E-state index contributed by atoms with van der Waals surface area (Å²) in [5.74, 6) is 0.542. The van der Waals surface area contributed by atoms with Crippen molar-refractivity contribution in [3.05, 3.63) is 0 Å². The molecule has 1 atom stereocenters. The van der Waals surface area contributed by atoms with Crippen LogP contribution in [0.5, 0.6) is 0 Å². The van der Waals surface area contributed by atoms with Gasteiger partial charge in [0.15, 0.2) is 0 Å². The van der Waals surface area contributed by atoms with Crippen molar-refractivity contribution in [2.45, 2.75) is 32.8 Å². The van der Waals surface area contributed by atoms with E-state index in [1.165, 1.54) is 11.8 Å². The Morgan fingerprint density at radius 1 is 1.47 bits per heavy atom. The molecule has 0 rings (SSSR count). The monoisotopic (exact) mass is 236 g/mol. The van der Waals surface area contributed by atoms with Gasteiger partial charge < -0.3 is 15.3 Å². The van der Waals surface area contributed by atoms with Gasteiger partial charge in [-0.1, -0.05) is 0 Å². The van der Waals surface area contributed by atoms with Crippen LogP contribution in [-0.4, -0.2) is 45.5 Å². The highest BCUT2D eigenvalue weighted by molar-refractivity contribution is 7.99. The molecule has 0 aliphatic carbocycles. The lowest BCUT2D eigenvalue weighted by Gasteiger charge is -2.18. The van der Waals surface area contributed by atoms with Gasteiger partial charge >= 0.3 is 5.97 Å². The summed E-state index contributed by atoms with van der Waals surface area (Å²) in [7, 11) is 0. The highest BCUT2D eigenvalue weighted by atomic mass is 32.2. The standard InChI is InChI=1S/C10H20O4S/c1-10(2,9(13)14)4-3-5-15-7-8(12)6-11/h8,11-12H,3-7H2,1-2H3,(H,13,14). The summed E-state index contributed by atoms with van der Waals surface area (Å²) in [6.45, 7) is 3.21. The number of aliphatic hydroxyl groups excluding tert-OH is 2. The van der Waals surface area contributed by atoms with Gasteiger partial charge in [0.25, 0.3) is 0 Å². The third-order valence-corrected chi connectivity index (χ3v) is 3.39. The van der Waals surface area contributed by atoms with E-state index >= 15 is 0 Å². The SMILES string of the molecule is CC(C)(CCCSCC(O)CO)C(=O)O. The van der Waals surface area contributed by atoms with E-state index in [4.69, 9.17) is 15.3 Å². The molecule has 15 heavy (non-hydrogen) atoms. The summed E-state index contributed by atoms with van der Waals surface area (Å²) in [6.07, 6.45) is 0.773. The second-order valence-electron chi connectivity index (χ2n) is 4.20. The van der Waals surface area contributed by atoms with Gasteiger partial charge in [0.1, 0.15) is 0 Å². The number of thioether (sulfide) groups is 1. The van der Waals surface area contributed by atoms with Gasteiger partial charge in [0, 0.05) is 5.75 Å². The molecule has 5 heteroatoms. The van der Waals surface area contributed by atoms with Crippen molar-refractivity contribution >= 4 is 17.7 Å². The Morgan fingerprint density at radius 2 is 2.07 bits per heavy atom. The fraction of sp³-hybridized carbons (Fsp3) is 0.900. The van der Waals surface area contributed by atoms with Gasteiger partial charge in [-0.3, -0.25) is 4.79 Å². The molecule has 0 saturated heterocycles. The van der Waals surface area contributed by atoms with Gasteiger partial charge in [0.05, 0.1) is 18.1 Å². The van der Waals surface area contributed by atoms with Crippen molar-refractivity contribution in [2.75, 3.05) is 18.1 Å². The first-order valence-electron chi connectivity index (χ1n) is 5.00. The minimum absolute atomic E-state index is 0.215. The van der Waals surface area contributed by atoms with Crippen molar-refractivity contribution in [3.63, 3.8) is 0 Å². The highest BCUT2D eigenvalue weighted by Crippen LogP contribution is 2.23. The van der Waals surface area contributed by atoms with Gasteiger partial charge in [-0.25, -0.2) is 0 Å². The lowest BCUT2D eigenvalue weighted by molar-refractivity contribution is -0.147. The molecule has 3 N–H and O–H groups in total. The van der Waals surface area contributed by atoms with Crippen LogP contribution in [0.2, 0.25) is 0 Å². The molecule has 0 aliphatic heterocycles. The first-order chi connectivity index (χ1) is 6.90. The molecule has 1 unspecified atom stereocenters. The third kappa shape index (κ3) is 6.76. The average Bonchev–Trinajstić information content (AvgIpc) is 2.16. The lowest BCUT2D eigenvalue weighted by atomic mass is 9.88. The zero-order chi connectivity index (χ0) is 11.9. The Labute approximate surface area is 94.7 Å². The molecule has 0 spiro atoms. The summed E-state index contributed by atoms with van der Waals surface area (Å²) in [6, 6.07) is 0. The molecule has 0 saturated carbocycles. The maximum absolute atomic E-state index is 10.8. The van der Waals surface area contributed by atoms with Crippen LogP contribution < -0.4 is 0 Å². The topological polar surface area (TPSA) is 77.8 Å². The molecular weight excluding hydrogens is 216 g/mol. The molecule has 0 bridgehead atoms. The van der Waals surface area contributed by atoms with Crippen molar-refractivity contribution in [2.24, 2.45) is 5.41 Å². The first-order valence-corrected chi connectivity index (χ1v) is 6.15. The summed E-state index contributed by atoms with van der Waals surface area (Å²) in [4.78, 5) is 10.8. The summed E-state index contributed by atoms with van der Waals surface area (Å²) in [5, 5.41) is 26.4. The number of hydrogen-bond acceptors (Lipinski definition) is 4. The second-order valence-corrected chi connectivity index (χ2v) is 5.35. The predicted molar refractivity (Wildman–Crippen MR) is 61.1 cm³/mol. The minimum Gasteiger partial charge on any atom is -0.481 e. The van der Waals surface area contributed by atoms with E-state index in [2.05, 4.69) is 0 Å². The Morgan fingerprint density at radius 3 is 2.53 bits per heavy atom. The van der Waals surface area contributed by atoms with E-state index in [0.717, 1.165) is 12.2 Å². The fourth-order valence-electron chi connectivity index (χ4n) is 0.995. The number of carbonyl (C=O) groups is 1. The van der Waals surface area contributed by atoms with Crippen LogP contribution in [0.3, 0.4) is 0 Å². The first kappa shape index (κ1) is 14.7. The molecule has 0 radical (unpaired) electrons. The van der Waals surface area contributed by atoms with Crippen LogP contribution in [0.15, 0.2) is 0 Å². The predicted octanol–water partition coefficient (Wildman–Crippen LogP) is 0.964. The van der Waals surface area contributed by atoms with Crippen molar-refractivity contribution in [3.8, 4) is 0 Å². The van der Waals surface area contributed by atoms with Crippen molar-refractivity contribution in [1.29, 1.82) is 0 Å². The maximum Gasteiger partial charge on any atom is 0.309 e. The van der Waals surface area contributed by atoms with Crippen LogP contribution in [0.4, 0.5) is 0 Å². The van der Waals surface area contributed by atoms with Gasteiger partial charge in [-0.15, -0.1) is 0 Å². The van der Waals surface area contributed by atoms with Crippen molar-refractivity contribution < 1.29 is 20.1 Å². The van der Waals surface area contributed by atoms with Crippen LogP contribution in [0, 0.1) is 5.41 Å². The van der Waals surface area contributed by atoms with Crippen molar-refractivity contribution in [1.82, 2.24) is 0 Å². The molecule has 0 aliphatic rings. The second kappa shape index (κ2) is 7.09. The highest BCUT2D eigenvalue weighted by Gasteiger charge is 2.25. The van der Waals surface area contributed by atoms with E-state index in [0.29, 0.717) is 12.2 Å². The zero-order valence-corrected chi connectivity index (χ0v) is 10.1. The largest absolute Gasteiger partial charge is 0.481 e. The summed E-state index contributed by atoms with van der Waals surface area (Å²) < 4.78 is 0. The van der Waals surface area contributed by atoms with E-state index in [1.54, 1.807) is 13.8 Å². The molecule has 0 fully saturated rings. The van der Waals surface area contributed by atoms with E-state index < -0.39 is 17.5 Å². The van der Waals surface area contributed by atoms with Gasteiger partial charge in [0.2, 0.25) is 0 Å². The molecule has 0 aromatic rings. The molecular formula is C10H20O4S. The number of hydrogen-bond donors (Lipinski definition) is 3.